The van der Waals surface area contributed by atoms with Crippen molar-refractivity contribution in [3.63, 3.8) is 0 Å². The van der Waals surface area contributed by atoms with Crippen LogP contribution in [0.15, 0.2) is 47.4 Å². The average Bonchev–Trinajstić information content (AvgIpc) is 2.38. The summed E-state index contributed by atoms with van der Waals surface area (Å²) in [4.78, 5) is 1.01. The van der Waals surface area contributed by atoms with Crippen LogP contribution in [0.3, 0.4) is 0 Å². The monoisotopic (exact) mass is 298 g/mol. The van der Waals surface area contributed by atoms with Gasteiger partial charge in [-0.25, -0.2) is 0 Å². The average molecular weight is 299 g/mol. The van der Waals surface area contributed by atoms with Crippen molar-refractivity contribution in [3.05, 3.63) is 63.6 Å². The van der Waals surface area contributed by atoms with Gasteiger partial charge in [0.1, 0.15) is 0 Å². The molecule has 0 saturated carbocycles. The molecule has 0 heterocycles. The molecule has 1 N–H and O–H groups in total. The number of aliphatic hydroxyl groups excluding tert-OH is 1. The molecule has 0 fully saturated rings. The molecule has 2 rings (SSSR count). The molecule has 0 spiro atoms. The molecule has 0 aliphatic heterocycles. The van der Waals surface area contributed by atoms with Crippen molar-refractivity contribution in [2.75, 3.05) is 0 Å². The molecule has 0 aliphatic rings. The minimum atomic E-state index is -0.0391. The Bertz CT molecular complexity index is 526. The second kappa shape index (κ2) is 6.48. The second-order valence-electron chi connectivity index (χ2n) is 3.79. The normalized spacial score (nSPS) is 10.6. The molecular formula is C14H12Cl2OS. The minimum Gasteiger partial charge on any atom is -0.392 e. The Hall–Kier alpha value is -0.670. The standard InChI is InChI=1S/C14H12Cl2OS/c15-11-6-4-10(5-7-11)9-18-14-3-1-2-13(16)12(14)8-17/h1-7,17H,8-9H2. The van der Waals surface area contributed by atoms with Crippen molar-refractivity contribution in [1.82, 2.24) is 0 Å². The highest BCUT2D eigenvalue weighted by Gasteiger charge is 2.06. The lowest BCUT2D eigenvalue weighted by molar-refractivity contribution is 0.279. The zero-order valence-electron chi connectivity index (χ0n) is 9.57. The third-order valence-electron chi connectivity index (χ3n) is 2.54. The van der Waals surface area contributed by atoms with E-state index in [1.54, 1.807) is 17.8 Å². The van der Waals surface area contributed by atoms with Crippen LogP contribution < -0.4 is 0 Å². The maximum atomic E-state index is 9.32. The van der Waals surface area contributed by atoms with E-state index in [9.17, 15) is 5.11 Å². The van der Waals surface area contributed by atoms with Crippen molar-refractivity contribution >= 4 is 35.0 Å². The molecule has 18 heavy (non-hydrogen) atoms. The van der Waals surface area contributed by atoms with E-state index >= 15 is 0 Å². The van der Waals surface area contributed by atoms with Gasteiger partial charge >= 0.3 is 0 Å². The Morgan fingerprint density at radius 2 is 1.72 bits per heavy atom. The maximum Gasteiger partial charge on any atom is 0.0707 e. The van der Waals surface area contributed by atoms with E-state index in [1.165, 1.54) is 5.56 Å². The van der Waals surface area contributed by atoms with E-state index in [-0.39, 0.29) is 6.61 Å². The number of rotatable bonds is 4. The number of thioether (sulfide) groups is 1. The van der Waals surface area contributed by atoms with E-state index in [2.05, 4.69) is 0 Å². The topological polar surface area (TPSA) is 20.2 Å². The van der Waals surface area contributed by atoms with Gasteiger partial charge in [0, 0.05) is 26.3 Å². The van der Waals surface area contributed by atoms with Crippen LogP contribution in [-0.4, -0.2) is 5.11 Å². The zero-order chi connectivity index (χ0) is 13.0. The van der Waals surface area contributed by atoms with Gasteiger partial charge in [-0.3, -0.25) is 0 Å². The van der Waals surface area contributed by atoms with Gasteiger partial charge in [-0.1, -0.05) is 41.4 Å². The summed E-state index contributed by atoms with van der Waals surface area (Å²) in [7, 11) is 0. The van der Waals surface area contributed by atoms with Gasteiger partial charge in [-0.15, -0.1) is 11.8 Å². The Kier molecular flexibility index (Phi) is 4.95. The number of hydrogen-bond donors (Lipinski definition) is 1. The first kappa shape index (κ1) is 13.8. The molecule has 0 saturated heterocycles. The fourth-order valence-electron chi connectivity index (χ4n) is 1.57. The summed E-state index contributed by atoms with van der Waals surface area (Å²) in [5.74, 6) is 0.824. The zero-order valence-corrected chi connectivity index (χ0v) is 11.9. The Morgan fingerprint density at radius 1 is 1.00 bits per heavy atom. The quantitative estimate of drug-likeness (QED) is 0.820. The molecule has 0 aromatic heterocycles. The summed E-state index contributed by atoms with van der Waals surface area (Å²) >= 11 is 13.5. The Balaban J connectivity index is 2.10. The first-order chi connectivity index (χ1) is 8.70. The van der Waals surface area contributed by atoms with Crippen molar-refractivity contribution < 1.29 is 5.11 Å². The maximum absolute atomic E-state index is 9.32. The Labute approximate surface area is 121 Å². The van der Waals surface area contributed by atoms with Crippen LogP contribution in [0.5, 0.6) is 0 Å². The fraction of sp³-hybridized carbons (Fsp3) is 0.143. The van der Waals surface area contributed by atoms with E-state index in [0.29, 0.717) is 5.02 Å². The number of hydrogen-bond acceptors (Lipinski definition) is 2. The lowest BCUT2D eigenvalue weighted by Gasteiger charge is -2.08. The predicted molar refractivity (Wildman–Crippen MR) is 78.4 cm³/mol. The highest BCUT2D eigenvalue weighted by atomic mass is 35.5. The largest absolute Gasteiger partial charge is 0.392 e. The van der Waals surface area contributed by atoms with Crippen molar-refractivity contribution in [1.29, 1.82) is 0 Å². The first-order valence-corrected chi connectivity index (χ1v) is 7.20. The van der Waals surface area contributed by atoms with Crippen LogP contribution in [0.1, 0.15) is 11.1 Å². The van der Waals surface area contributed by atoms with Gasteiger partial charge in [0.25, 0.3) is 0 Å². The van der Waals surface area contributed by atoms with Crippen LogP contribution in [0.2, 0.25) is 10.0 Å². The highest BCUT2D eigenvalue weighted by molar-refractivity contribution is 7.98. The summed E-state index contributed by atoms with van der Waals surface area (Å²) < 4.78 is 0. The van der Waals surface area contributed by atoms with Gasteiger partial charge in [0.15, 0.2) is 0 Å². The summed E-state index contributed by atoms with van der Waals surface area (Å²) in [6.07, 6.45) is 0. The first-order valence-electron chi connectivity index (χ1n) is 5.46. The molecule has 4 heteroatoms. The summed E-state index contributed by atoms with van der Waals surface area (Å²) in [5, 5.41) is 10.7. The third-order valence-corrected chi connectivity index (χ3v) is 4.32. The number of aliphatic hydroxyl groups is 1. The van der Waals surface area contributed by atoms with Crippen LogP contribution in [0, 0.1) is 0 Å². The Morgan fingerprint density at radius 3 is 2.39 bits per heavy atom. The molecule has 0 unspecified atom stereocenters. The third kappa shape index (κ3) is 3.42. The van der Waals surface area contributed by atoms with Crippen LogP contribution >= 0.6 is 35.0 Å². The molecule has 0 aliphatic carbocycles. The summed E-state index contributed by atoms with van der Waals surface area (Å²) in [6.45, 7) is -0.0391. The molecule has 2 aromatic rings. The van der Waals surface area contributed by atoms with Gasteiger partial charge in [0.2, 0.25) is 0 Å². The molecule has 0 radical (unpaired) electrons. The molecule has 0 amide bonds. The molecule has 2 aromatic carbocycles. The lowest BCUT2D eigenvalue weighted by atomic mass is 10.2. The van der Waals surface area contributed by atoms with Gasteiger partial charge < -0.3 is 5.11 Å². The van der Waals surface area contributed by atoms with Crippen LogP contribution in [-0.2, 0) is 12.4 Å². The van der Waals surface area contributed by atoms with Crippen molar-refractivity contribution in [3.8, 4) is 0 Å². The number of halogens is 2. The van der Waals surface area contributed by atoms with E-state index in [0.717, 1.165) is 21.2 Å². The van der Waals surface area contributed by atoms with Crippen molar-refractivity contribution in [2.45, 2.75) is 17.3 Å². The van der Waals surface area contributed by atoms with Crippen molar-refractivity contribution in [2.24, 2.45) is 0 Å². The molecule has 0 atom stereocenters. The van der Waals surface area contributed by atoms with Gasteiger partial charge in [-0.05, 0) is 29.8 Å². The SMILES string of the molecule is OCc1c(Cl)cccc1SCc1ccc(Cl)cc1. The minimum absolute atomic E-state index is 0.0391. The van der Waals surface area contributed by atoms with Gasteiger partial charge in [0.05, 0.1) is 6.61 Å². The number of benzene rings is 2. The fourth-order valence-corrected chi connectivity index (χ4v) is 3.02. The smallest absolute Gasteiger partial charge is 0.0707 e. The van der Waals surface area contributed by atoms with E-state index in [1.807, 2.05) is 36.4 Å². The van der Waals surface area contributed by atoms with E-state index in [4.69, 9.17) is 23.2 Å². The highest BCUT2D eigenvalue weighted by Crippen LogP contribution is 2.30. The summed E-state index contributed by atoms with van der Waals surface area (Å²) in [5.41, 5.74) is 1.98. The molecule has 1 nitrogen and oxygen atoms in total. The van der Waals surface area contributed by atoms with Gasteiger partial charge in [-0.2, -0.15) is 0 Å². The van der Waals surface area contributed by atoms with E-state index < -0.39 is 0 Å². The molecule has 0 bridgehead atoms. The predicted octanol–water partition coefficient (Wildman–Crippen LogP) is 4.78. The molecule has 94 valence electrons. The van der Waals surface area contributed by atoms with Crippen LogP contribution in [0.4, 0.5) is 0 Å². The lowest BCUT2D eigenvalue weighted by Crippen LogP contribution is -1.89. The van der Waals surface area contributed by atoms with Crippen LogP contribution in [0.25, 0.3) is 0 Å². The molecular weight excluding hydrogens is 287 g/mol. The second-order valence-corrected chi connectivity index (χ2v) is 5.65. The summed E-state index contributed by atoms with van der Waals surface area (Å²) in [6, 6.07) is 13.4.